The van der Waals surface area contributed by atoms with Gasteiger partial charge in [0, 0.05) is 5.92 Å². The van der Waals surface area contributed by atoms with Crippen molar-refractivity contribution in [3.8, 4) is 5.75 Å². The summed E-state index contributed by atoms with van der Waals surface area (Å²) in [4.78, 5) is 23.0. The van der Waals surface area contributed by atoms with Crippen molar-refractivity contribution < 1.29 is 24.2 Å². The highest BCUT2D eigenvalue weighted by molar-refractivity contribution is 6.33. The minimum atomic E-state index is -0.954. The molecule has 0 bridgehead atoms. The standard InChI is InChI=1S/C22H20ClNO5/c1-28-18(25)11-29-13-7-5-12(6-8-13)20-15-4-2-3-14(15)19-16(22(26)27)9-10-17(23)21(19)24-20/h2-3,5-10,14-15,20,24H,4,11H2,1H3,(H,26,27)/t14-,15-,20+/m0/s1. The largest absolute Gasteiger partial charge is 0.482 e. The van der Waals surface area contributed by atoms with Crippen molar-refractivity contribution >= 4 is 29.2 Å². The molecule has 2 aromatic carbocycles. The summed E-state index contributed by atoms with van der Waals surface area (Å²) < 4.78 is 9.99. The van der Waals surface area contributed by atoms with Crippen LogP contribution in [0.3, 0.4) is 0 Å². The van der Waals surface area contributed by atoms with E-state index < -0.39 is 11.9 Å². The number of nitrogens with one attached hydrogen (secondary N) is 1. The van der Waals surface area contributed by atoms with Gasteiger partial charge in [-0.05, 0) is 47.7 Å². The van der Waals surface area contributed by atoms with E-state index in [4.69, 9.17) is 16.3 Å². The van der Waals surface area contributed by atoms with Crippen LogP contribution in [-0.2, 0) is 9.53 Å². The fourth-order valence-electron chi connectivity index (χ4n) is 4.16. The van der Waals surface area contributed by atoms with Gasteiger partial charge in [-0.1, -0.05) is 35.9 Å². The van der Waals surface area contributed by atoms with Crippen LogP contribution in [0.15, 0.2) is 48.6 Å². The van der Waals surface area contributed by atoms with Gasteiger partial charge >= 0.3 is 11.9 Å². The molecule has 2 aliphatic rings. The number of hydrogen-bond acceptors (Lipinski definition) is 5. The second kappa shape index (κ2) is 7.79. The quantitative estimate of drug-likeness (QED) is 0.557. The number of esters is 1. The number of carbonyl (C=O) groups is 2. The van der Waals surface area contributed by atoms with Gasteiger partial charge in [-0.3, -0.25) is 0 Å². The Kier molecular flexibility index (Phi) is 5.20. The normalized spacial score (nSPS) is 21.7. The number of ether oxygens (including phenoxy) is 2. The first-order valence-electron chi connectivity index (χ1n) is 9.28. The molecule has 0 aromatic heterocycles. The van der Waals surface area contributed by atoms with Crippen LogP contribution in [0.4, 0.5) is 5.69 Å². The van der Waals surface area contributed by atoms with E-state index in [0.717, 1.165) is 17.5 Å². The molecule has 0 saturated heterocycles. The van der Waals surface area contributed by atoms with E-state index in [1.165, 1.54) is 7.11 Å². The summed E-state index contributed by atoms with van der Waals surface area (Å²) >= 11 is 6.43. The monoisotopic (exact) mass is 413 g/mol. The number of methoxy groups -OCH3 is 1. The lowest BCUT2D eigenvalue weighted by Crippen LogP contribution is -2.30. The summed E-state index contributed by atoms with van der Waals surface area (Å²) in [6.07, 6.45) is 5.02. The average molecular weight is 414 g/mol. The number of anilines is 1. The van der Waals surface area contributed by atoms with Crippen LogP contribution in [0.2, 0.25) is 5.02 Å². The molecule has 1 aliphatic carbocycles. The van der Waals surface area contributed by atoms with Crippen LogP contribution in [0.5, 0.6) is 5.75 Å². The van der Waals surface area contributed by atoms with Crippen molar-refractivity contribution in [2.45, 2.75) is 18.4 Å². The maximum Gasteiger partial charge on any atom is 0.343 e. The molecule has 6 nitrogen and oxygen atoms in total. The number of hydrogen-bond donors (Lipinski definition) is 2. The highest BCUT2D eigenvalue weighted by atomic mass is 35.5. The number of halogens is 1. The second-order valence-corrected chi connectivity index (χ2v) is 7.51. The van der Waals surface area contributed by atoms with E-state index in [1.807, 2.05) is 24.3 Å². The van der Waals surface area contributed by atoms with Crippen molar-refractivity contribution in [2.75, 3.05) is 19.0 Å². The van der Waals surface area contributed by atoms with Crippen LogP contribution in [0, 0.1) is 5.92 Å². The summed E-state index contributed by atoms with van der Waals surface area (Å²) in [7, 11) is 1.31. The minimum Gasteiger partial charge on any atom is -0.482 e. The first-order valence-corrected chi connectivity index (χ1v) is 9.66. The molecule has 0 spiro atoms. The second-order valence-electron chi connectivity index (χ2n) is 7.10. The molecule has 2 N–H and O–H groups in total. The summed E-state index contributed by atoms with van der Waals surface area (Å²) in [6, 6.07) is 10.7. The van der Waals surface area contributed by atoms with Gasteiger partial charge in [0.15, 0.2) is 6.61 Å². The Morgan fingerprint density at radius 3 is 2.66 bits per heavy atom. The summed E-state index contributed by atoms with van der Waals surface area (Å²) in [5.41, 5.74) is 2.74. The number of carboxylic acids is 1. The van der Waals surface area contributed by atoms with Crippen molar-refractivity contribution in [3.63, 3.8) is 0 Å². The van der Waals surface area contributed by atoms with E-state index in [9.17, 15) is 14.7 Å². The molecule has 0 unspecified atom stereocenters. The third kappa shape index (κ3) is 3.56. The van der Waals surface area contributed by atoms with Gasteiger partial charge in [-0.2, -0.15) is 0 Å². The Morgan fingerprint density at radius 2 is 1.97 bits per heavy atom. The number of fused-ring (bicyclic) bond motifs is 3. The Balaban J connectivity index is 1.65. The lowest BCUT2D eigenvalue weighted by atomic mass is 9.75. The molecule has 150 valence electrons. The molecule has 0 saturated carbocycles. The predicted octanol–water partition coefficient (Wildman–Crippen LogP) is 4.42. The van der Waals surface area contributed by atoms with Crippen LogP contribution < -0.4 is 10.1 Å². The van der Waals surface area contributed by atoms with Gasteiger partial charge in [0.1, 0.15) is 5.75 Å². The van der Waals surface area contributed by atoms with Gasteiger partial charge in [-0.25, -0.2) is 9.59 Å². The smallest absolute Gasteiger partial charge is 0.343 e. The number of aromatic carboxylic acids is 1. The average Bonchev–Trinajstić information content (AvgIpc) is 3.22. The first-order chi connectivity index (χ1) is 14.0. The molecule has 7 heteroatoms. The SMILES string of the molecule is COC(=O)COc1ccc([C@H]2Nc3c(Cl)ccc(C(=O)O)c3[C@H]3C=CC[C@@H]32)cc1. The van der Waals surface area contributed by atoms with E-state index in [-0.39, 0.29) is 30.0 Å². The molecule has 0 fully saturated rings. The van der Waals surface area contributed by atoms with Gasteiger partial charge in [0.2, 0.25) is 0 Å². The lowest BCUT2D eigenvalue weighted by molar-refractivity contribution is -0.142. The van der Waals surface area contributed by atoms with Gasteiger partial charge in [0.05, 0.1) is 29.4 Å². The van der Waals surface area contributed by atoms with Crippen molar-refractivity contribution in [3.05, 3.63) is 70.3 Å². The highest BCUT2D eigenvalue weighted by Crippen LogP contribution is 2.52. The Labute approximate surface area is 173 Å². The topological polar surface area (TPSA) is 84.9 Å². The van der Waals surface area contributed by atoms with E-state index in [0.29, 0.717) is 16.5 Å². The number of carbonyl (C=O) groups excluding carboxylic acids is 1. The third-order valence-electron chi connectivity index (χ3n) is 5.52. The van der Waals surface area contributed by atoms with Crippen LogP contribution in [0.25, 0.3) is 0 Å². The fraction of sp³-hybridized carbons (Fsp3) is 0.273. The molecule has 0 radical (unpaired) electrons. The highest BCUT2D eigenvalue weighted by Gasteiger charge is 2.40. The van der Waals surface area contributed by atoms with Crippen LogP contribution in [-0.4, -0.2) is 30.8 Å². The minimum absolute atomic E-state index is 0.0173. The molecule has 3 atom stereocenters. The Bertz CT molecular complexity index is 985. The zero-order chi connectivity index (χ0) is 20.5. The van der Waals surface area contributed by atoms with Crippen molar-refractivity contribution in [1.29, 1.82) is 0 Å². The molecular weight excluding hydrogens is 394 g/mol. The maximum absolute atomic E-state index is 11.8. The zero-order valence-electron chi connectivity index (χ0n) is 15.7. The van der Waals surface area contributed by atoms with Gasteiger partial charge in [-0.15, -0.1) is 0 Å². The number of allylic oxidation sites excluding steroid dienone is 2. The fourth-order valence-corrected chi connectivity index (χ4v) is 4.38. The molecule has 1 heterocycles. The Hall–Kier alpha value is -2.99. The van der Waals surface area contributed by atoms with E-state index >= 15 is 0 Å². The summed E-state index contributed by atoms with van der Waals surface area (Å²) in [6.45, 7) is -0.146. The number of benzene rings is 2. The molecule has 1 aliphatic heterocycles. The van der Waals surface area contributed by atoms with E-state index in [1.54, 1.807) is 12.1 Å². The van der Waals surface area contributed by atoms with Crippen LogP contribution >= 0.6 is 11.6 Å². The van der Waals surface area contributed by atoms with Gasteiger partial charge < -0.3 is 19.9 Å². The molecule has 2 aromatic rings. The summed E-state index contributed by atoms with van der Waals surface area (Å²) in [5, 5.41) is 13.6. The molecular formula is C22H20ClNO5. The summed E-state index contributed by atoms with van der Waals surface area (Å²) in [5.74, 6) is -0.660. The van der Waals surface area contributed by atoms with Crippen LogP contribution in [0.1, 0.15) is 39.9 Å². The van der Waals surface area contributed by atoms with E-state index in [2.05, 4.69) is 22.2 Å². The van der Waals surface area contributed by atoms with Crippen molar-refractivity contribution in [1.82, 2.24) is 0 Å². The molecule has 0 amide bonds. The number of rotatable bonds is 5. The number of carboxylic acid groups (broad SMARTS) is 1. The lowest BCUT2D eigenvalue weighted by Gasteiger charge is -2.38. The molecule has 29 heavy (non-hydrogen) atoms. The van der Waals surface area contributed by atoms with Crippen molar-refractivity contribution in [2.24, 2.45) is 5.92 Å². The predicted molar refractivity (Wildman–Crippen MR) is 109 cm³/mol. The maximum atomic E-state index is 11.8. The molecule has 4 rings (SSSR count). The first kappa shape index (κ1) is 19.3. The Morgan fingerprint density at radius 1 is 1.21 bits per heavy atom. The van der Waals surface area contributed by atoms with Gasteiger partial charge in [0.25, 0.3) is 0 Å². The zero-order valence-corrected chi connectivity index (χ0v) is 16.5. The third-order valence-corrected chi connectivity index (χ3v) is 5.84.